The van der Waals surface area contributed by atoms with Crippen LogP contribution in [0.1, 0.15) is 11.1 Å². The van der Waals surface area contributed by atoms with Gasteiger partial charge in [-0.2, -0.15) is 5.11 Å². The summed E-state index contributed by atoms with van der Waals surface area (Å²) in [7, 11) is 0. The first-order valence-electron chi connectivity index (χ1n) is 8.26. The number of rotatable bonds is 5. The molecular formula is C19H20N4O2S. The third-order valence-electron chi connectivity index (χ3n) is 3.89. The van der Waals surface area contributed by atoms with Gasteiger partial charge in [-0.3, -0.25) is 9.59 Å². The van der Waals surface area contributed by atoms with Crippen LogP contribution in [0.5, 0.6) is 0 Å². The van der Waals surface area contributed by atoms with Gasteiger partial charge in [0.25, 0.3) is 0 Å². The number of nitrogens with one attached hydrogen (secondary N) is 1. The Kier molecular flexibility index (Phi) is 5.68. The Morgan fingerprint density at radius 1 is 1.12 bits per heavy atom. The summed E-state index contributed by atoms with van der Waals surface area (Å²) in [5.74, 6) is 0.748. The van der Waals surface area contributed by atoms with Crippen LogP contribution in [0.25, 0.3) is 0 Å². The molecule has 26 heavy (non-hydrogen) atoms. The van der Waals surface area contributed by atoms with E-state index in [0.29, 0.717) is 23.0 Å². The van der Waals surface area contributed by atoms with Crippen molar-refractivity contribution in [3.05, 3.63) is 53.6 Å². The van der Waals surface area contributed by atoms with Crippen molar-refractivity contribution in [1.29, 1.82) is 0 Å². The molecular weight excluding hydrogens is 348 g/mol. The van der Waals surface area contributed by atoms with E-state index in [0.717, 1.165) is 16.8 Å². The predicted molar refractivity (Wildman–Crippen MR) is 104 cm³/mol. The van der Waals surface area contributed by atoms with Gasteiger partial charge in [0.15, 0.2) is 0 Å². The summed E-state index contributed by atoms with van der Waals surface area (Å²) in [5.41, 5.74) is 4.08. The van der Waals surface area contributed by atoms with E-state index in [-0.39, 0.29) is 18.4 Å². The Balaban J connectivity index is 1.73. The zero-order valence-corrected chi connectivity index (χ0v) is 15.5. The molecule has 2 aromatic carbocycles. The van der Waals surface area contributed by atoms with Crippen LogP contribution >= 0.6 is 11.8 Å². The van der Waals surface area contributed by atoms with E-state index in [1.807, 2.05) is 50.2 Å². The number of aryl methyl sites for hydroxylation is 2. The van der Waals surface area contributed by atoms with Crippen LogP contribution in [0.4, 0.5) is 17.1 Å². The van der Waals surface area contributed by atoms with E-state index in [9.17, 15) is 9.59 Å². The second-order valence-corrected chi connectivity index (χ2v) is 7.13. The molecule has 3 rings (SSSR count). The van der Waals surface area contributed by atoms with E-state index in [2.05, 4.69) is 15.5 Å². The molecule has 0 radical (unpaired) electrons. The van der Waals surface area contributed by atoms with Crippen molar-refractivity contribution in [3.8, 4) is 0 Å². The third kappa shape index (κ3) is 4.70. The van der Waals surface area contributed by atoms with E-state index >= 15 is 0 Å². The lowest BCUT2D eigenvalue weighted by atomic mass is 10.2. The van der Waals surface area contributed by atoms with Crippen molar-refractivity contribution in [2.24, 2.45) is 10.2 Å². The molecule has 6 nitrogen and oxygen atoms in total. The lowest BCUT2D eigenvalue weighted by Gasteiger charge is -2.15. The van der Waals surface area contributed by atoms with Crippen LogP contribution in [-0.2, 0) is 9.59 Å². The van der Waals surface area contributed by atoms with Gasteiger partial charge in [-0.05, 0) is 43.7 Å². The zero-order valence-electron chi connectivity index (χ0n) is 14.7. The number of benzene rings is 2. The summed E-state index contributed by atoms with van der Waals surface area (Å²) in [5, 5.41) is 11.4. The van der Waals surface area contributed by atoms with Gasteiger partial charge in [0.1, 0.15) is 12.2 Å². The zero-order chi connectivity index (χ0) is 18.5. The molecule has 0 spiro atoms. The molecule has 0 unspecified atom stereocenters. The normalized spacial score (nSPS) is 14.2. The fourth-order valence-corrected chi connectivity index (χ4v) is 3.36. The van der Waals surface area contributed by atoms with Crippen LogP contribution < -0.4 is 5.32 Å². The van der Waals surface area contributed by atoms with Gasteiger partial charge in [-0.25, -0.2) is 0 Å². The molecule has 1 fully saturated rings. The van der Waals surface area contributed by atoms with Gasteiger partial charge < -0.3 is 10.2 Å². The van der Waals surface area contributed by atoms with Gasteiger partial charge >= 0.3 is 0 Å². The van der Waals surface area contributed by atoms with Crippen molar-refractivity contribution in [2.75, 3.05) is 23.5 Å². The highest BCUT2D eigenvalue weighted by Gasteiger charge is 2.23. The molecule has 2 amide bonds. The van der Waals surface area contributed by atoms with Gasteiger partial charge in [0.2, 0.25) is 11.8 Å². The molecule has 0 saturated carbocycles. The summed E-state index contributed by atoms with van der Waals surface area (Å²) in [6, 6.07) is 13.3. The Labute approximate surface area is 156 Å². The number of anilines is 1. The van der Waals surface area contributed by atoms with E-state index in [1.165, 1.54) is 11.8 Å². The molecule has 0 bridgehead atoms. The maximum absolute atomic E-state index is 12.3. The fraction of sp³-hybridized carbons (Fsp3) is 0.263. The Morgan fingerprint density at radius 2 is 1.85 bits per heavy atom. The smallest absolute Gasteiger partial charge is 0.244 e. The number of thioether (sulfide) groups is 1. The number of nitrogens with zero attached hydrogens (tertiary/aromatic N) is 3. The Bertz CT molecular complexity index is 849. The topological polar surface area (TPSA) is 74.1 Å². The molecule has 0 atom stereocenters. The van der Waals surface area contributed by atoms with Crippen molar-refractivity contribution in [1.82, 2.24) is 4.90 Å². The lowest BCUT2D eigenvalue weighted by Crippen LogP contribution is -2.34. The van der Waals surface area contributed by atoms with Crippen LogP contribution in [0.2, 0.25) is 0 Å². The molecule has 1 aliphatic rings. The average molecular weight is 368 g/mol. The van der Waals surface area contributed by atoms with Crippen LogP contribution in [0.3, 0.4) is 0 Å². The second kappa shape index (κ2) is 8.14. The lowest BCUT2D eigenvalue weighted by molar-refractivity contribution is -0.130. The number of carbonyl (C=O) groups excluding carboxylic acids is 2. The van der Waals surface area contributed by atoms with Gasteiger partial charge in [-0.15, -0.1) is 16.9 Å². The van der Waals surface area contributed by atoms with E-state index in [4.69, 9.17) is 0 Å². The summed E-state index contributed by atoms with van der Waals surface area (Å²) in [4.78, 5) is 25.5. The maximum atomic E-state index is 12.3. The van der Waals surface area contributed by atoms with E-state index < -0.39 is 0 Å². The second-order valence-electron chi connectivity index (χ2n) is 6.17. The molecule has 1 heterocycles. The first kappa shape index (κ1) is 18.1. The highest BCUT2D eigenvalue weighted by atomic mass is 32.2. The summed E-state index contributed by atoms with van der Waals surface area (Å²) in [6.45, 7) is 4.02. The molecule has 7 heteroatoms. The summed E-state index contributed by atoms with van der Waals surface area (Å²) in [6.07, 6.45) is 0. The fourth-order valence-electron chi connectivity index (χ4n) is 2.46. The summed E-state index contributed by atoms with van der Waals surface area (Å²) < 4.78 is 0. The predicted octanol–water partition coefficient (Wildman–Crippen LogP) is 4.19. The average Bonchev–Trinajstić information content (AvgIpc) is 3.01. The molecule has 1 N–H and O–H groups in total. The SMILES string of the molecule is Cc1ccc(N=Nc2cc(C)ccc2NC(=O)CN2CSCC2=O)cc1. The minimum atomic E-state index is -0.239. The molecule has 2 aromatic rings. The van der Waals surface area contributed by atoms with Gasteiger partial charge in [0.05, 0.1) is 23.0 Å². The van der Waals surface area contributed by atoms with Crippen LogP contribution in [0, 0.1) is 13.8 Å². The first-order valence-corrected chi connectivity index (χ1v) is 9.41. The molecule has 134 valence electrons. The molecule has 0 aliphatic carbocycles. The van der Waals surface area contributed by atoms with E-state index in [1.54, 1.807) is 11.0 Å². The Morgan fingerprint density at radius 3 is 2.54 bits per heavy atom. The van der Waals surface area contributed by atoms with Gasteiger partial charge in [0, 0.05) is 0 Å². The highest BCUT2D eigenvalue weighted by Crippen LogP contribution is 2.28. The largest absolute Gasteiger partial charge is 0.323 e. The minimum absolute atomic E-state index is 0.00617. The summed E-state index contributed by atoms with van der Waals surface area (Å²) >= 11 is 1.51. The Hall–Kier alpha value is -2.67. The van der Waals surface area contributed by atoms with Gasteiger partial charge in [-0.1, -0.05) is 23.8 Å². The molecule has 1 aliphatic heterocycles. The number of amides is 2. The highest BCUT2D eigenvalue weighted by molar-refractivity contribution is 8.00. The van der Waals surface area contributed by atoms with Crippen molar-refractivity contribution in [3.63, 3.8) is 0 Å². The van der Waals surface area contributed by atoms with Crippen molar-refractivity contribution in [2.45, 2.75) is 13.8 Å². The van der Waals surface area contributed by atoms with Crippen molar-refractivity contribution < 1.29 is 9.59 Å². The first-order chi connectivity index (χ1) is 12.5. The number of hydrogen-bond acceptors (Lipinski definition) is 5. The maximum Gasteiger partial charge on any atom is 0.244 e. The molecule has 0 aromatic heterocycles. The standard InChI is InChI=1S/C19H20N4O2S/c1-13-3-6-15(7-4-13)21-22-17-9-14(2)5-8-16(17)20-18(24)10-23-12-26-11-19(23)25/h3-9H,10-12H2,1-2H3,(H,20,24). The van der Waals surface area contributed by atoms with Crippen molar-refractivity contribution >= 4 is 40.6 Å². The monoisotopic (exact) mass is 368 g/mol. The quantitative estimate of drug-likeness (QED) is 0.804. The number of azo groups is 1. The minimum Gasteiger partial charge on any atom is -0.323 e. The molecule has 1 saturated heterocycles. The number of hydrogen-bond donors (Lipinski definition) is 1. The number of carbonyl (C=O) groups is 2. The third-order valence-corrected chi connectivity index (χ3v) is 4.84. The van der Waals surface area contributed by atoms with Crippen LogP contribution in [0.15, 0.2) is 52.7 Å². The van der Waals surface area contributed by atoms with Crippen LogP contribution in [-0.4, -0.2) is 34.9 Å².